The number of carbonyl (C=O) groups is 1. The summed E-state index contributed by atoms with van der Waals surface area (Å²) in [6, 6.07) is 18.0. The number of nitrogens with zero attached hydrogens (tertiary/aromatic N) is 4. The van der Waals surface area contributed by atoms with E-state index in [1.165, 1.54) is 17.7 Å². The van der Waals surface area contributed by atoms with Crippen molar-refractivity contribution < 1.29 is 4.79 Å². The van der Waals surface area contributed by atoms with Crippen LogP contribution in [0.15, 0.2) is 67.3 Å². The summed E-state index contributed by atoms with van der Waals surface area (Å²) >= 11 is 1.54. The van der Waals surface area contributed by atoms with Crippen LogP contribution in [0.25, 0.3) is 15.8 Å². The fourth-order valence-corrected chi connectivity index (χ4v) is 3.95. The molecule has 0 aliphatic rings. The van der Waals surface area contributed by atoms with E-state index < -0.39 is 0 Å². The summed E-state index contributed by atoms with van der Waals surface area (Å²) in [5.41, 5.74) is 2.02. The Balaban J connectivity index is 1.55. The number of benzene rings is 2. The maximum Gasteiger partial charge on any atom is 0.264 e. The van der Waals surface area contributed by atoms with Crippen molar-refractivity contribution in [3.05, 3.63) is 77.7 Å². The minimum atomic E-state index is -0.0301. The van der Waals surface area contributed by atoms with Gasteiger partial charge in [-0.05, 0) is 42.1 Å². The van der Waals surface area contributed by atoms with Crippen LogP contribution in [0.5, 0.6) is 0 Å². The first-order chi connectivity index (χ1) is 12.6. The molecule has 0 radical (unpaired) electrons. The molecule has 0 N–H and O–H groups in total. The summed E-state index contributed by atoms with van der Waals surface area (Å²) in [5.74, 6) is 0.0408. The molecule has 0 saturated carbocycles. The Hall–Kier alpha value is -2.99. The van der Waals surface area contributed by atoms with Crippen LogP contribution in [0.1, 0.15) is 28.2 Å². The van der Waals surface area contributed by atoms with E-state index in [0.717, 1.165) is 26.2 Å². The molecule has 4 rings (SSSR count). The van der Waals surface area contributed by atoms with Crippen LogP contribution in [0, 0.1) is 0 Å². The van der Waals surface area contributed by atoms with Crippen LogP contribution in [0.4, 0.5) is 0 Å². The number of thiophene rings is 1. The molecule has 130 valence electrons. The highest BCUT2D eigenvalue weighted by Crippen LogP contribution is 2.28. The quantitative estimate of drug-likeness (QED) is 0.543. The zero-order chi connectivity index (χ0) is 18.1. The summed E-state index contributed by atoms with van der Waals surface area (Å²) < 4.78 is 2.84. The zero-order valence-corrected chi connectivity index (χ0v) is 15.4. The number of rotatable bonds is 4. The second-order valence-corrected chi connectivity index (χ2v) is 7.26. The third-order valence-electron chi connectivity index (χ3n) is 4.60. The van der Waals surface area contributed by atoms with Crippen molar-refractivity contribution in [2.75, 3.05) is 7.05 Å². The lowest BCUT2D eigenvalue weighted by atomic mass is 10.1. The Morgan fingerprint density at radius 1 is 1.15 bits per heavy atom. The van der Waals surface area contributed by atoms with Gasteiger partial charge in [0.25, 0.3) is 5.91 Å². The van der Waals surface area contributed by atoms with E-state index in [4.69, 9.17) is 0 Å². The summed E-state index contributed by atoms with van der Waals surface area (Å²) in [4.78, 5) is 19.4. The Morgan fingerprint density at radius 3 is 2.62 bits per heavy atom. The molecule has 0 fully saturated rings. The highest BCUT2D eigenvalue weighted by Gasteiger charge is 2.20. The fraction of sp³-hybridized carbons (Fsp3) is 0.150. The Bertz CT molecular complexity index is 1000. The van der Waals surface area contributed by atoms with Gasteiger partial charge in [0.05, 0.1) is 16.6 Å². The number of aromatic nitrogens is 3. The lowest BCUT2D eigenvalue weighted by molar-refractivity contribution is 0.0747. The van der Waals surface area contributed by atoms with Gasteiger partial charge in [0, 0.05) is 11.7 Å². The summed E-state index contributed by atoms with van der Waals surface area (Å²) in [7, 11) is 1.85. The summed E-state index contributed by atoms with van der Waals surface area (Å²) in [5, 5.41) is 5.24. The highest BCUT2D eigenvalue weighted by atomic mass is 32.1. The molecule has 1 amide bonds. The second kappa shape index (κ2) is 6.72. The van der Waals surface area contributed by atoms with Gasteiger partial charge in [0.15, 0.2) is 0 Å². The lowest BCUT2D eigenvalue weighted by Gasteiger charge is -2.25. The van der Waals surface area contributed by atoms with Crippen LogP contribution in [-0.4, -0.2) is 32.6 Å². The smallest absolute Gasteiger partial charge is 0.264 e. The van der Waals surface area contributed by atoms with E-state index >= 15 is 0 Å². The molecule has 4 aromatic rings. The maximum absolute atomic E-state index is 12.9. The van der Waals surface area contributed by atoms with Gasteiger partial charge in [-0.25, -0.2) is 9.67 Å². The van der Waals surface area contributed by atoms with Crippen molar-refractivity contribution in [3.63, 3.8) is 0 Å². The molecule has 6 heteroatoms. The second-order valence-electron chi connectivity index (χ2n) is 6.17. The van der Waals surface area contributed by atoms with Gasteiger partial charge < -0.3 is 4.90 Å². The lowest BCUT2D eigenvalue weighted by Crippen LogP contribution is -2.29. The van der Waals surface area contributed by atoms with Crippen molar-refractivity contribution in [2.45, 2.75) is 13.0 Å². The molecule has 2 aromatic heterocycles. The van der Waals surface area contributed by atoms with E-state index in [1.807, 2.05) is 68.6 Å². The average Bonchev–Trinajstić information content (AvgIpc) is 3.36. The van der Waals surface area contributed by atoms with E-state index in [-0.39, 0.29) is 11.9 Å². The van der Waals surface area contributed by atoms with Gasteiger partial charge >= 0.3 is 0 Å². The molecule has 1 atom stereocenters. The third-order valence-corrected chi connectivity index (χ3v) is 5.70. The number of hydrogen-bond acceptors (Lipinski definition) is 4. The normalized spacial score (nSPS) is 12.2. The Kier molecular flexibility index (Phi) is 4.26. The van der Waals surface area contributed by atoms with Crippen LogP contribution in [0.2, 0.25) is 0 Å². The number of amides is 1. The largest absolute Gasteiger partial charge is 0.334 e. The topological polar surface area (TPSA) is 51.0 Å². The van der Waals surface area contributed by atoms with Crippen molar-refractivity contribution >= 4 is 27.3 Å². The molecule has 0 aliphatic heterocycles. The third kappa shape index (κ3) is 2.99. The fourth-order valence-electron chi connectivity index (χ4n) is 2.91. The van der Waals surface area contributed by atoms with Crippen LogP contribution in [-0.2, 0) is 0 Å². The predicted octanol–water partition coefficient (Wildman–Crippen LogP) is 4.32. The molecule has 2 aromatic carbocycles. The van der Waals surface area contributed by atoms with Crippen molar-refractivity contribution in [3.8, 4) is 5.69 Å². The van der Waals surface area contributed by atoms with E-state index in [0.29, 0.717) is 0 Å². The van der Waals surface area contributed by atoms with E-state index in [1.54, 1.807) is 15.9 Å². The summed E-state index contributed by atoms with van der Waals surface area (Å²) in [6.45, 7) is 2.04. The molecule has 0 spiro atoms. The van der Waals surface area contributed by atoms with Gasteiger partial charge in [-0.3, -0.25) is 4.79 Å². The molecule has 0 bridgehead atoms. The van der Waals surface area contributed by atoms with Crippen molar-refractivity contribution in [2.24, 2.45) is 0 Å². The Morgan fingerprint density at radius 2 is 1.92 bits per heavy atom. The number of carbonyl (C=O) groups excluding carboxylic acids is 1. The molecule has 1 unspecified atom stereocenters. The average molecular weight is 362 g/mol. The monoisotopic (exact) mass is 362 g/mol. The SMILES string of the molecule is CC(c1ccc(-n2cncn2)cc1)N(C)C(=O)c1cc2ccccc2s1. The van der Waals surface area contributed by atoms with Crippen LogP contribution in [0.3, 0.4) is 0 Å². The van der Waals surface area contributed by atoms with Gasteiger partial charge in [0.1, 0.15) is 12.7 Å². The van der Waals surface area contributed by atoms with Crippen molar-refractivity contribution in [1.82, 2.24) is 19.7 Å². The van der Waals surface area contributed by atoms with E-state index in [9.17, 15) is 4.79 Å². The van der Waals surface area contributed by atoms with Crippen LogP contribution < -0.4 is 0 Å². The van der Waals surface area contributed by atoms with Gasteiger partial charge in [-0.2, -0.15) is 5.10 Å². The summed E-state index contributed by atoms with van der Waals surface area (Å²) in [6.07, 6.45) is 3.17. The standard InChI is InChI=1S/C20H18N4OS/c1-14(15-7-9-17(10-8-15)24-13-21-12-22-24)23(2)20(25)19-11-16-5-3-4-6-18(16)26-19/h3-14H,1-2H3. The zero-order valence-electron chi connectivity index (χ0n) is 14.5. The molecule has 2 heterocycles. The van der Waals surface area contributed by atoms with Gasteiger partial charge in [0.2, 0.25) is 0 Å². The maximum atomic E-state index is 12.9. The molecule has 0 saturated heterocycles. The molecular formula is C20H18N4OS. The van der Waals surface area contributed by atoms with Gasteiger partial charge in [-0.1, -0.05) is 30.3 Å². The molecular weight excluding hydrogens is 344 g/mol. The van der Waals surface area contributed by atoms with E-state index in [2.05, 4.69) is 10.1 Å². The number of fused-ring (bicyclic) bond motifs is 1. The number of hydrogen-bond donors (Lipinski definition) is 0. The first-order valence-corrected chi connectivity index (χ1v) is 9.16. The predicted molar refractivity (Wildman–Crippen MR) is 104 cm³/mol. The first-order valence-electron chi connectivity index (χ1n) is 8.34. The minimum Gasteiger partial charge on any atom is -0.334 e. The highest BCUT2D eigenvalue weighted by molar-refractivity contribution is 7.20. The molecule has 5 nitrogen and oxygen atoms in total. The molecule has 0 aliphatic carbocycles. The van der Waals surface area contributed by atoms with Gasteiger partial charge in [-0.15, -0.1) is 11.3 Å². The first kappa shape index (κ1) is 16.5. The molecule has 26 heavy (non-hydrogen) atoms. The van der Waals surface area contributed by atoms with Crippen molar-refractivity contribution in [1.29, 1.82) is 0 Å². The Labute approximate surface area is 155 Å². The van der Waals surface area contributed by atoms with Crippen LogP contribution >= 0.6 is 11.3 Å². The minimum absolute atomic E-state index is 0.0301.